The number of aliphatic hydroxyl groups is 1. The molecule has 0 fully saturated rings. The molecule has 0 radical (unpaired) electrons. The van der Waals surface area contributed by atoms with Gasteiger partial charge in [0.1, 0.15) is 5.01 Å². The molecule has 0 aliphatic rings. The van der Waals surface area contributed by atoms with Gasteiger partial charge < -0.3 is 5.11 Å². The Morgan fingerprint density at radius 2 is 1.94 bits per heavy atom. The summed E-state index contributed by atoms with van der Waals surface area (Å²) in [7, 11) is 0. The predicted molar refractivity (Wildman–Crippen MR) is 63.2 cm³/mol. The summed E-state index contributed by atoms with van der Waals surface area (Å²) in [6.45, 7) is 1.46. The van der Waals surface area contributed by atoms with Crippen LogP contribution in [0.4, 0.5) is 13.2 Å². The van der Waals surface area contributed by atoms with Crippen LogP contribution < -0.4 is 0 Å². The van der Waals surface area contributed by atoms with E-state index in [2.05, 4.69) is 4.98 Å². The molecule has 0 aliphatic carbocycles. The third-order valence-corrected chi connectivity index (χ3v) is 3.55. The molecule has 96 valence electrons. The molecule has 1 aromatic heterocycles. The average molecular weight is 273 g/mol. The fourth-order valence-corrected chi connectivity index (χ4v) is 2.57. The number of alkyl halides is 3. The van der Waals surface area contributed by atoms with Crippen LogP contribution in [0.5, 0.6) is 0 Å². The van der Waals surface area contributed by atoms with Gasteiger partial charge in [-0.1, -0.05) is 18.2 Å². The van der Waals surface area contributed by atoms with Gasteiger partial charge in [0.15, 0.2) is 0 Å². The summed E-state index contributed by atoms with van der Waals surface area (Å²) in [5.41, 5.74) is -0.229. The highest BCUT2D eigenvalue weighted by molar-refractivity contribution is 7.15. The lowest BCUT2D eigenvalue weighted by Gasteiger charge is -2.10. The zero-order valence-corrected chi connectivity index (χ0v) is 10.3. The van der Waals surface area contributed by atoms with Crippen molar-refractivity contribution >= 4 is 11.3 Å². The minimum atomic E-state index is -4.41. The van der Waals surface area contributed by atoms with E-state index in [9.17, 15) is 13.2 Å². The van der Waals surface area contributed by atoms with Crippen LogP contribution in [0.3, 0.4) is 0 Å². The summed E-state index contributed by atoms with van der Waals surface area (Å²) in [5, 5.41) is 9.31. The molecule has 0 atom stereocenters. The summed E-state index contributed by atoms with van der Waals surface area (Å²) in [6, 6.07) is 5.31. The van der Waals surface area contributed by atoms with E-state index < -0.39 is 11.7 Å². The van der Waals surface area contributed by atoms with Crippen LogP contribution in [-0.4, -0.2) is 10.1 Å². The first-order valence-electron chi connectivity index (χ1n) is 5.17. The average Bonchev–Trinajstić information content (AvgIpc) is 2.69. The molecule has 0 bridgehead atoms. The van der Waals surface area contributed by atoms with Gasteiger partial charge in [-0.05, 0) is 13.0 Å². The maximum Gasteiger partial charge on any atom is 0.417 e. The van der Waals surface area contributed by atoms with Crippen LogP contribution >= 0.6 is 11.3 Å². The first-order valence-corrected chi connectivity index (χ1v) is 5.99. The minimum absolute atomic E-state index is 0.0535. The van der Waals surface area contributed by atoms with Crippen LogP contribution in [0.1, 0.15) is 16.1 Å². The zero-order chi connectivity index (χ0) is 13.3. The molecule has 0 saturated heterocycles. The van der Waals surface area contributed by atoms with Crippen molar-refractivity contribution in [3.63, 3.8) is 0 Å². The van der Waals surface area contributed by atoms with Crippen LogP contribution in [0.2, 0.25) is 0 Å². The Morgan fingerprint density at radius 1 is 1.28 bits per heavy atom. The van der Waals surface area contributed by atoms with Gasteiger partial charge in [0.25, 0.3) is 0 Å². The van der Waals surface area contributed by atoms with Gasteiger partial charge in [-0.15, -0.1) is 11.3 Å². The van der Waals surface area contributed by atoms with E-state index in [0.717, 1.165) is 22.3 Å². The Bertz CT molecular complexity index is 563. The maximum absolute atomic E-state index is 12.9. The van der Waals surface area contributed by atoms with Gasteiger partial charge in [-0.25, -0.2) is 4.98 Å². The number of aryl methyl sites for hydroxylation is 1. The van der Waals surface area contributed by atoms with Crippen LogP contribution in [0, 0.1) is 6.92 Å². The summed E-state index contributed by atoms with van der Waals surface area (Å²) in [4.78, 5) is 4.77. The Kier molecular flexibility index (Phi) is 3.41. The van der Waals surface area contributed by atoms with E-state index in [1.54, 1.807) is 13.0 Å². The van der Waals surface area contributed by atoms with Crippen molar-refractivity contribution in [2.24, 2.45) is 0 Å². The first kappa shape index (κ1) is 13.0. The summed E-state index contributed by atoms with van der Waals surface area (Å²) in [6.07, 6.45) is -4.41. The lowest BCUT2D eigenvalue weighted by Crippen LogP contribution is -2.06. The van der Waals surface area contributed by atoms with E-state index in [-0.39, 0.29) is 17.2 Å². The fourth-order valence-electron chi connectivity index (χ4n) is 1.61. The van der Waals surface area contributed by atoms with E-state index >= 15 is 0 Å². The van der Waals surface area contributed by atoms with Crippen LogP contribution in [-0.2, 0) is 12.8 Å². The van der Waals surface area contributed by atoms with Crippen molar-refractivity contribution in [3.8, 4) is 10.6 Å². The lowest BCUT2D eigenvalue weighted by atomic mass is 10.1. The van der Waals surface area contributed by atoms with Gasteiger partial charge in [0.05, 0.1) is 17.9 Å². The topological polar surface area (TPSA) is 33.1 Å². The van der Waals surface area contributed by atoms with Crippen molar-refractivity contribution in [1.82, 2.24) is 4.98 Å². The van der Waals surface area contributed by atoms with E-state index in [0.29, 0.717) is 5.69 Å². The zero-order valence-electron chi connectivity index (χ0n) is 9.45. The predicted octanol–water partition coefficient (Wildman–Crippen LogP) is 3.63. The number of thiazole rings is 1. The third kappa shape index (κ3) is 2.39. The third-order valence-electron chi connectivity index (χ3n) is 2.51. The first-order chi connectivity index (χ1) is 8.43. The van der Waals surface area contributed by atoms with E-state index in [1.807, 2.05) is 0 Å². The molecule has 6 heteroatoms. The Hall–Kier alpha value is -1.40. The highest BCUT2D eigenvalue weighted by Gasteiger charge is 2.34. The highest BCUT2D eigenvalue weighted by Crippen LogP contribution is 2.38. The Labute approximate surface area is 106 Å². The minimum Gasteiger partial charge on any atom is -0.390 e. The van der Waals surface area contributed by atoms with E-state index in [1.165, 1.54) is 12.1 Å². The molecule has 1 N–H and O–H groups in total. The molecular weight excluding hydrogens is 263 g/mol. The number of rotatable bonds is 2. The molecular formula is C12H10F3NOS. The molecule has 0 saturated carbocycles. The second kappa shape index (κ2) is 4.70. The largest absolute Gasteiger partial charge is 0.417 e. The van der Waals surface area contributed by atoms with Crippen molar-refractivity contribution in [1.29, 1.82) is 0 Å². The van der Waals surface area contributed by atoms with Gasteiger partial charge in [-0.3, -0.25) is 0 Å². The number of halogens is 3. The highest BCUT2D eigenvalue weighted by atomic mass is 32.1. The SMILES string of the molecule is Cc1sc(-c2ccccc2C(F)(F)F)nc1CO. The van der Waals surface area contributed by atoms with Crippen LogP contribution in [0.25, 0.3) is 10.6 Å². The van der Waals surface area contributed by atoms with Crippen molar-refractivity contribution in [3.05, 3.63) is 40.4 Å². The maximum atomic E-state index is 12.9. The standard InChI is InChI=1S/C12H10F3NOS/c1-7-10(6-17)16-11(18-7)8-4-2-3-5-9(8)12(13,14)15/h2-5,17H,6H2,1H3. The molecule has 0 unspecified atom stereocenters. The molecule has 2 nitrogen and oxygen atoms in total. The van der Waals surface area contributed by atoms with Gasteiger partial charge in [0.2, 0.25) is 0 Å². The summed E-state index contributed by atoms with van der Waals surface area (Å²) < 4.78 is 38.6. The molecule has 0 spiro atoms. The second-order valence-electron chi connectivity index (χ2n) is 3.72. The van der Waals surface area contributed by atoms with Crippen molar-refractivity contribution < 1.29 is 18.3 Å². The molecule has 0 amide bonds. The summed E-state index contributed by atoms with van der Waals surface area (Å²) in [5.74, 6) is 0. The number of hydrogen-bond acceptors (Lipinski definition) is 3. The van der Waals surface area contributed by atoms with Crippen molar-refractivity contribution in [2.45, 2.75) is 19.7 Å². The molecule has 18 heavy (non-hydrogen) atoms. The Balaban J connectivity index is 2.57. The Morgan fingerprint density at radius 3 is 2.50 bits per heavy atom. The molecule has 2 rings (SSSR count). The van der Waals surface area contributed by atoms with Gasteiger partial charge >= 0.3 is 6.18 Å². The lowest BCUT2D eigenvalue weighted by molar-refractivity contribution is -0.137. The number of benzene rings is 1. The quantitative estimate of drug-likeness (QED) is 0.906. The number of aromatic nitrogens is 1. The number of hydrogen-bond donors (Lipinski definition) is 1. The molecule has 0 aliphatic heterocycles. The second-order valence-corrected chi connectivity index (χ2v) is 4.93. The van der Waals surface area contributed by atoms with Crippen LogP contribution in [0.15, 0.2) is 24.3 Å². The summed E-state index contributed by atoms with van der Waals surface area (Å²) >= 11 is 1.15. The normalized spacial score (nSPS) is 11.8. The molecule has 1 heterocycles. The van der Waals surface area contributed by atoms with Crippen molar-refractivity contribution in [2.75, 3.05) is 0 Å². The van der Waals surface area contributed by atoms with Gasteiger partial charge in [0, 0.05) is 10.4 Å². The van der Waals surface area contributed by atoms with E-state index in [4.69, 9.17) is 5.11 Å². The molecule has 2 aromatic rings. The fraction of sp³-hybridized carbons (Fsp3) is 0.250. The molecule has 1 aromatic carbocycles. The smallest absolute Gasteiger partial charge is 0.390 e. The number of aliphatic hydroxyl groups excluding tert-OH is 1. The monoisotopic (exact) mass is 273 g/mol. The van der Waals surface area contributed by atoms with Gasteiger partial charge in [-0.2, -0.15) is 13.2 Å². The number of nitrogens with zero attached hydrogens (tertiary/aromatic N) is 1.